The zero-order valence-electron chi connectivity index (χ0n) is 10.4. The summed E-state index contributed by atoms with van der Waals surface area (Å²) in [6, 6.07) is 0.678. The van der Waals surface area contributed by atoms with Gasteiger partial charge in [0, 0.05) is 32.2 Å². The van der Waals surface area contributed by atoms with Crippen molar-refractivity contribution >= 4 is 0 Å². The van der Waals surface area contributed by atoms with Gasteiger partial charge in [-0.2, -0.15) is 0 Å². The van der Waals surface area contributed by atoms with Crippen molar-refractivity contribution in [3.05, 3.63) is 0 Å². The molecule has 4 nitrogen and oxygen atoms in total. The van der Waals surface area contributed by atoms with Crippen molar-refractivity contribution in [2.75, 3.05) is 26.2 Å². The number of morpholine rings is 1. The van der Waals surface area contributed by atoms with Gasteiger partial charge in [0.15, 0.2) is 0 Å². The van der Waals surface area contributed by atoms with E-state index in [4.69, 9.17) is 4.74 Å². The highest BCUT2D eigenvalue weighted by molar-refractivity contribution is 4.83. The van der Waals surface area contributed by atoms with Gasteiger partial charge in [0.25, 0.3) is 0 Å². The maximum absolute atomic E-state index is 9.91. The van der Waals surface area contributed by atoms with Crippen LogP contribution >= 0.6 is 0 Å². The predicted octanol–water partition coefficient (Wildman–Crippen LogP) is 0.209. The number of aliphatic hydroxyl groups excluding tert-OH is 1. The summed E-state index contributed by atoms with van der Waals surface area (Å²) in [5.74, 6) is 0. The van der Waals surface area contributed by atoms with Crippen molar-refractivity contribution < 1.29 is 9.84 Å². The minimum absolute atomic E-state index is 0.252. The van der Waals surface area contributed by atoms with Crippen molar-refractivity contribution in [3.63, 3.8) is 0 Å². The fraction of sp³-hybridized carbons (Fsp3) is 1.00. The van der Waals surface area contributed by atoms with Gasteiger partial charge in [-0.3, -0.25) is 4.90 Å². The van der Waals surface area contributed by atoms with E-state index >= 15 is 0 Å². The Morgan fingerprint density at radius 2 is 1.94 bits per heavy atom. The maximum atomic E-state index is 9.91. The predicted molar refractivity (Wildman–Crippen MR) is 63.5 cm³/mol. The molecule has 2 N–H and O–H groups in total. The van der Waals surface area contributed by atoms with E-state index in [1.165, 1.54) is 12.8 Å². The lowest BCUT2D eigenvalue weighted by Gasteiger charge is -2.36. The largest absolute Gasteiger partial charge is 0.390 e. The lowest BCUT2D eigenvalue weighted by Crippen LogP contribution is -2.49. The number of hydrogen-bond donors (Lipinski definition) is 2. The van der Waals surface area contributed by atoms with E-state index in [0.29, 0.717) is 6.04 Å². The van der Waals surface area contributed by atoms with Crippen LogP contribution in [0.25, 0.3) is 0 Å². The molecule has 1 saturated heterocycles. The van der Waals surface area contributed by atoms with E-state index in [-0.39, 0.29) is 18.3 Å². The molecule has 2 aliphatic rings. The van der Waals surface area contributed by atoms with Gasteiger partial charge >= 0.3 is 0 Å². The van der Waals surface area contributed by atoms with E-state index < -0.39 is 0 Å². The quantitative estimate of drug-likeness (QED) is 0.706. The normalized spacial score (nSPS) is 33.9. The van der Waals surface area contributed by atoms with Crippen LogP contribution in [0.4, 0.5) is 0 Å². The van der Waals surface area contributed by atoms with Crippen molar-refractivity contribution in [2.45, 2.75) is 51.0 Å². The first-order valence-corrected chi connectivity index (χ1v) is 6.42. The van der Waals surface area contributed by atoms with Crippen LogP contribution < -0.4 is 5.32 Å². The monoisotopic (exact) mass is 228 g/mol. The Labute approximate surface area is 98.0 Å². The fourth-order valence-corrected chi connectivity index (χ4v) is 2.39. The minimum Gasteiger partial charge on any atom is -0.390 e. The highest BCUT2D eigenvalue weighted by Crippen LogP contribution is 2.18. The SMILES string of the molecule is C[C@@H]1CN(C[C@H](O)CNC2CC2)C[C@H](C)O1. The molecule has 0 bridgehead atoms. The van der Waals surface area contributed by atoms with Gasteiger partial charge in [-0.05, 0) is 26.7 Å². The van der Waals surface area contributed by atoms with E-state index in [9.17, 15) is 5.11 Å². The van der Waals surface area contributed by atoms with Crippen LogP contribution in [0.15, 0.2) is 0 Å². The van der Waals surface area contributed by atoms with E-state index in [2.05, 4.69) is 24.1 Å². The third-order valence-electron chi connectivity index (χ3n) is 3.18. The molecule has 0 unspecified atom stereocenters. The van der Waals surface area contributed by atoms with Gasteiger partial charge in [0.05, 0.1) is 18.3 Å². The summed E-state index contributed by atoms with van der Waals surface area (Å²) < 4.78 is 5.67. The topological polar surface area (TPSA) is 44.7 Å². The zero-order valence-corrected chi connectivity index (χ0v) is 10.4. The molecule has 1 aliphatic heterocycles. The molecule has 0 amide bonds. The van der Waals surface area contributed by atoms with Gasteiger partial charge in [-0.1, -0.05) is 0 Å². The Hall–Kier alpha value is -0.160. The second kappa shape index (κ2) is 5.45. The van der Waals surface area contributed by atoms with Crippen LogP contribution in [0.2, 0.25) is 0 Å². The molecule has 2 rings (SSSR count). The summed E-state index contributed by atoms with van der Waals surface area (Å²) in [4.78, 5) is 2.30. The zero-order chi connectivity index (χ0) is 11.5. The second-order valence-electron chi connectivity index (χ2n) is 5.31. The molecule has 0 aromatic heterocycles. The van der Waals surface area contributed by atoms with Crippen LogP contribution in [0.3, 0.4) is 0 Å². The standard InChI is InChI=1S/C12H24N2O2/c1-9-6-14(7-10(2)16-9)8-12(15)5-13-11-3-4-11/h9-13,15H,3-8H2,1-2H3/t9-,10+,12-/m1/s1. The highest BCUT2D eigenvalue weighted by Gasteiger charge is 2.25. The first kappa shape index (κ1) is 12.3. The van der Waals surface area contributed by atoms with Crippen molar-refractivity contribution in [3.8, 4) is 0 Å². The van der Waals surface area contributed by atoms with Crippen LogP contribution in [-0.2, 0) is 4.74 Å². The number of β-amino-alcohol motifs (C(OH)–C–C–N with tert-alkyl or cyclic N) is 1. The molecule has 0 spiro atoms. The Bertz CT molecular complexity index is 211. The summed E-state index contributed by atoms with van der Waals surface area (Å²) in [7, 11) is 0. The molecule has 2 fully saturated rings. The highest BCUT2D eigenvalue weighted by atomic mass is 16.5. The molecule has 4 heteroatoms. The molecular formula is C12H24N2O2. The maximum Gasteiger partial charge on any atom is 0.0791 e. The van der Waals surface area contributed by atoms with E-state index in [0.717, 1.165) is 26.2 Å². The first-order valence-electron chi connectivity index (χ1n) is 6.42. The number of ether oxygens (including phenoxy) is 1. The molecule has 1 saturated carbocycles. The third-order valence-corrected chi connectivity index (χ3v) is 3.18. The van der Waals surface area contributed by atoms with Gasteiger partial charge < -0.3 is 15.2 Å². The van der Waals surface area contributed by atoms with Crippen molar-refractivity contribution in [2.24, 2.45) is 0 Å². The van der Waals surface area contributed by atoms with Crippen LogP contribution in [0.1, 0.15) is 26.7 Å². The van der Waals surface area contributed by atoms with E-state index in [1.54, 1.807) is 0 Å². The molecule has 1 heterocycles. The van der Waals surface area contributed by atoms with Gasteiger partial charge in [-0.15, -0.1) is 0 Å². The third kappa shape index (κ3) is 4.01. The number of hydrogen-bond acceptors (Lipinski definition) is 4. The molecule has 0 radical (unpaired) electrons. The Morgan fingerprint density at radius 3 is 2.50 bits per heavy atom. The number of aliphatic hydroxyl groups is 1. The Kier molecular flexibility index (Phi) is 4.19. The van der Waals surface area contributed by atoms with Crippen LogP contribution in [0, 0.1) is 0 Å². The minimum atomic E-state index is -0.252. The summed E-state index contributed by atoms with van der Waals surface area (Å²) in [5, 5.41) is 13.3. The molecule has 3 atom stereocenters. The van der Waals surface area contributed by atoms with Gasteiger partial charge in [0.2, 0.25) is 0 Å². The van der Waals surface area contributed by atoms with Crippen LogP contribution in [-0.4, -0.2) is 60.5 Å². The molecule has 94 valence electrons. The van der Waals surface area contributed by atoms with Crippen LogP contribution in [0.5, 0.6) is 0 Å². The van der Waals surface area contributed by atoms with Gasteiger partial charge in [0.1, 0.15) is 0 Å². The summed E-state index contributed by atoms with van der Waals surface area (Å²) in [6.07, 6.45) is 2.87. The molecule has 16 heavy (non-hydrogen) atoms. The smallest absolute Gasteiger partial charge is 0.0791 e. The fourth-order valence-electron chi connectivity index (χ4n) is 2.39. The lowest BCUT2D eigenvalue weighted by molar-refractivity contribution is -0.0762. The van der Waals surface area contributed by atoms with Gasteiger partial charge in [-0.25, -0.2) is 0 Å². The van der Waals surface area contributed by atoms with Crippen molar-refractivity contribution in [1.82, 2.24) is 10.2 Å². The summed E-state index contributed by atoms with van der Waals surface area (Å²) in [5.41, 5.74) is 0. The first-order chi connectivity index (χ1) is 7.63. The van der Waals surface area contributed by atoms with E-state index in [1.807, 2.05) is 0 Å². The molecule has 0 aromatic rings. The number of nitrogens with one attached hydrogen (secondary N) is 1. The molecular weight excluding hydrogens is 204 g/mol. The Morgan fingerprint density at radius 1 is 1.31 bits per heavy atom. The summed E-state index contributed by atoms with van der Waals surface area (Å²) in [6.45, 7) is 7.55. The number of rotatable bonds is 5. The average molecular weight is 228 g/mol. The summed E-state index contributed by atoms with van der Waals surface area (Å²) >= 11 is 0. The molecule has 1 aliphatic carbocycles. The molecule has 0 aromatic carbocycles. The van der Waals surface area contributed by atoms with Crippen molar-refractivity contribution in [1.29, 1.82) is 0 Å². The number of nitrogens with zero attached hydrogens (tertiary/aromatic N) is 1. The Balaban J connectivity index is 1.66. The average Bonchev–Trinajstić information content (AvgIpc) is 2.96. The lowest BCUT2D eigenvalue weighted by atomic mass is 10.2. The second-order valence-corrected chi connectivity index (χ2v) is 5.31.